The fourth-order valence-electron chi connectivity index (χ4n) is 3.67. The second-order valence-electron chi connectivity index (χ2n) is 6.90. The van der Waals surface area contributed by atoms with Crippen molar-refractivity contribution in [2.45, 2.75) is 43.4 Å². The molecule has 2 aliphatic rings. The maximum absolute atomic E-state index is 12.9. The Balaban J connectivity index is 1.71. The fourth-order valence-corrected chi connectivity index (χ4v) is 5.32. The third-order valence-electron chi connectivity index (χ3n) is 5.10. The van der Waals surface area contributed by atoms with Crippen LogP contribution in [-0.2, 0) is 14.8 Å². The molecular weight excluding hydrogens is 360 g/mol. The molecule has 1 aromatic carbocycles. The zero-order valence-electron chi connectivity index (χ0n) is 14.4. The zero-order chi connectivity index (χ0) is 17.9. The summed E-state index contributed by atoms with van der Waals surface area (Å²) in [5.41, 5.74) is 0. The van der Waals surface area contributed by atoms with Gasteiger partial charge in [0, 0.05) is 31.2 Å². The molecular formula is C18H25ClN2O3S. The van der Waals surface area contributed by atoms with Gasteiger partial charge in [-0.25, -0.2) is 8.42 Å². The van der Waals surface area contributed by atoms with Crippen LogP contribution in [0.1, 0.15) is 38.5 Å². The Morgan fingerprint density at radius 2 is 1.60 bits per heavy atom. The summed E-state index contributed by atoms with van der Waals surface area (Å²) < 4.78 is 27.2. The smallest absolute Gasteiger partial charge is 0.243 e. The highest BCUT2D eigenvalue weighted by molar-refractivity contribution is 7.89. The topological polar surface area (TPSA) is 57.7 Å². The van der Waals surface area contributed by atoms with E-state index in [9.17, 15) is 13.2 Å². The predicted molar refractivity (Wildman–Crippen MR) is 98.0 cm³/mol. The van der Waals surface area contributed by atoms with Crippen LogP contribution in [0, 0.1) is 5.92 Å². The lowest BCUT2D eigenvalue weighted by atomic mass is 9.98. The monoisotopic (exact) mass is 384 g/mol. The van der Waals surface area contributed by atoms with Crippen LogP contribution < -0.4 is 0 Å². The summed E-state index contributed by atoms with van der Waals surface area (Å²) in [6.45, 7) is 2.35. The van der Waals surface area contributed by atoms with E-state index in [1.807, 2.05) is 4.90 Å². The number of amides is 1. The number of likely N-dealkylation sites (tertiary alicyclic amines) is 1. The molecule has 0 N–H and O–H groups in total. The number of nitrogens with zero attached hydrogens (tertiary/aromatic N) is 2. The lowest BCUT2D eigenvalue weighted by molar-refractivity contribution is -0.136. The summed E-state index contributed by atoms with van der Waals surface area (Å²) in [5.74, 6) is -0.105. The van der Waals surface area contributed by atoms with Crippen molar-refractivity contribution in [3.63, 3.8) is 0 Å². The van der Waals surface area contributed by atoms with E-state index in [2.05, 4.69) is 0 Å². The molecule has 0 saturated carbocycles. The van der Waals surface area contributed by atoms with Crippen LogP contribution in [0.2, 0.25) is 5.02 Å². The number of sulfonamides is 1. The number of benzene rings is 1. The minimum absolute atomic E-state index is 0.123. The van der Waals surface area contributed by atoms with Gasteiger partial charge in [-0.2, -0.15) is 4.31 Å². The highest BCUT2D eigenvalue weighted by atomic mass is 35.5. The largest absolute Gasteiger partial charge is 0.342 e. The first-order chi connectivity index (χ1) is 12.0. The average Bonchev–Trinajstić information content (AvgIpc) is 2.91. The van der Waals surface area contributed by atoms with Crippen molar-refractivity contribution in [2.24, 2.45) is 5.92 Å². The third-order valence-corrected chi connectivity index (χ3v) is 7.23. The molecule has 0 unspecified atom stereocenters. The van der Waals surface area contributed by atoms with Crippen molar-refractivity contribution in [1.82, 2.24) is 9.21 Å². The molecule has 2 saturated heterocycles. The molecule has 25 heavy (non-hydrogen) atoms. The molecule has 2 fully saturated rings. The molecule has 7 heteroatoms. The fraction of sp³-hybridized carbons (Fsp3) is 0.611. The predicted octanol–water partition coefficient (Wildman–Crippen LogP) is 3.14. The van der Waals surface area contributed by atoms with E-state index in [-0.39, 0.29) is 23.3 Å². The van der Waals surface area contributed by atoms with Crippen molar-refractivity contribution in [2.75, 3.05) is 26.2 Å². The summed E-state index contributed by atoms with van der Waals surface area (Å²) in [4.78, 5) is 15.0. The van der Waals surface area contributed by atoms with Gasteiger partial charge in [0.1, 0.15) is 0 Å². The van der Waals surface area contributed by atoms with Gasteiger partial charge in [-0.05, 0) is 49.9 Å². The van der Waals surface area contributed by atoms with Crippen LogP contribution in [0.25, 0.3) is 0 Å². The van der Waals surface area contributed by atoms with Gasteiger partial charge < -0.3 is 4.90 Å². The van der Waals surface area contributed by atoms with Crippen LogP contribution in [0.5, 0.6) is 0 Å². The molecule has 1 aromatic rings. The Hall–Kier alpha value is -1.11. The minimum Gasteiger partial charge on any atom is -0.342 e. The van der Waals surface area contributed by atoms with E-state index >= 15 is 0 Å². The maximum Gasteiger partial charge on any atom is 0.243 e. The van der Waals surface area contributed by atoms with Crippen LogP contribution in [0.3, 0.4) is 0 Å². The van der Waals surface area contributed by atoms with Crippen LogP contribution in [0.15, 0.2) is 29.2 Å². The number of carbonyl (C=O) groups excluding carboxylic acids is 1. The Labute approximate surface area is 155 Å². The highest BCUT2D eigenvalue weighted by Crippen LogP contribution is 2.26. The molecule has 0 aromatic heterocycles. The molecule has 0 bridgehead atoms. The molecule has 0 spiro atoms. The lowest BCUT2D eigenvalue weighted by Crippen LogP contribution is -2.46. The Morgan fingerprint density at radius 3 is 2.24 bits per heavy atom. The average molecular weight is 385 g/mol. The number of hydrogen-bond donors (Lipinski definition) is 0. The molecule has 2 aliphatic heterocycles. The van der Waals surface area contributed by atoms with Crippen molar-refractivity contribution in [1.29, 1.82) is 0 Å². The quantitative estimate of drug-likeness (QED) is 0.804. The van der Waals surface area contributed by atoms with E-state index < -0.39 is 10.0 Å². The first kappa shape index (κ1) is 18.7. The van der Waals surface area contributed by atoms with E-state index in [0.717, 1.165) is 38.8 Å². The number of halogens is 1. The van der Waals surface area contributed by atoms with Gasteiger partial charge in [0.15, 0.2) is 0 Å². The summed E-state index contributed by atoms with van der Waals surface area (Å²) in [5, 5.41) is 0.506. The van der Waals surface area contributed by atoms with Crippen LogP contribution in [-0.4, -0.2) is 49.7 Å². The van der Waals surface area contributed by atoms with E-state index in [1.165, 1.54) is 29.3 Å². The van der Waals surface area contributed by atoms with E-state index in [4.69, 9.17) is 11.6 Å². The second-order valence-corrected chi connectivity index (χ2v) is 9.27. The highest BCUT2D eigenvalue weighted by Gasteiger charge is 2.35. The van der Waals surface area contributed by atoms with E-state index in [0.29, 0.717) is 11.6 Å². The van der Waals surface area contributed by atoms with Crippen LogP contribution in [0.4, 0.5) is 0 Å². The first-order valence-corrected chi connectivity index (χ1v) is 10.8. The summed E-state index contributed by atoms with van der Waals surface area (Å²) >= 11 is 5.85. The lowest BCUT2D eigenvalue weighted by Gasteiger charge is -2.34. The van der Waals surface area contributed by atoms with E-state index in [1.54, 1.807) is 12.1 Å². The molecule has 0 radical (unpaired) electrons. The normalized spacial score (nSPS) is 23.2. The molecule has 0 aliphatic carbocycles. The molecule has 1 amide bonds. The SMILES string of the molecule is O=C([C@H]1CCCN(S(=O)(=O)c2ccc(Cl)cc2)C1)N1CCCCCC1. The number of carbonyl (C=O) groups is 1. The minimum atomic E-state index is -3.58. The van der Waals surface area contributed by atoms with Gasteiger partial charge in [0.2, 0.25) is 15.9 Å². The third kappa shape index (κ3) is 4.36. The van der Waals surface area contributed by atoms with Crippen molar-refractivity contribution >= 4 is 27.5 Å². The number of rotatable bonds is 3. The summed E-state index contributed by atoms with van der Waals surface area (Å²) in [6.07, 6.45) is 5.92. The molecule has 5 nitrogen and oxygen atoms in total. The van der Waals surface area contributed by atoms with Gasteiger partial charge in [0.25, 0.3) is 0 Å². The maximum atomic E-state index is 12.9. The molecule has 1 atom stereocenters. The zero-order valence-corrected chi connectivity index (χ0v) is 15.9. The standard InChI is InChI=1S/C18H25ClN2O3S/c19-16-7-9-17(10-8-16)25(23,24)21-13-5-6-15(14-21)18(22)20-11-3-1-2-4-12-20/h7-10,15H,1-6,11-14H2/t15-/m0/s1. The van der Waals surface area contributed by atoms with Gasteiger partial charge in [-0.3, -0.25) is 4.79 Å². The van der Waals surface area contributed by atoms with Crippen molar-refractivity contribution < 1.29 is 13.2 Å². The molecule has 3 rings (SSSR count). The van der Waals surface area contributed by atoms with Crippen LogP contribution >= 0.6 is 11.6 Å². The van der Waals surface area contributed by atoms with Gasteiger partial charge in [0.05, 0.1) is 10.8 Å². The van der Waals surface area contributed by atoms with Gasteiger partial charge in [-0.1, -0.05) is 24.4 Å². The summed E-state index contributed by atoms with van der Waals surface area (Å²) in [7, 11) is -3.58. The van der Waals surface area contributed by atoms with Gasteiger partial charge in [-0.15, -0.1) is 0 Å². The Bertz CT molecular complexity index is 698. The second kappa shape index (κ2) is 8.06. The first-order valence-electron chi connectivity index (χ1n) is 9.03. The molecule has 138 valence electrons. The van der Waals surface area contributed by atoms with Crippen molar-refractivity contribution in [3.05, 3.63) is 29.3 Å². The van der Waals surface area contributed by atoms with Gasteiger partial charge >= 0.3 is 0 Å². The Morgan fingerprint density at radius 1 is 0.960 bits per heavy atom. The number of piperidine rings is 1. The Kier molecular flexibility index (Phi) is 6.02. The van der Waals surface area contributed by atoms with Crippen molar-refractivity contribution in [3.8, 4) is 0 Å². The molecule has 2 heterocycles. The summed E-state index contributed by atoms with van der Waals surface area (Å²) in [6, 6.07) is 6.21. The number of hydrogen-bond acceptors (Lipinski definition) is 3.